The van der Waals surface area contributed by atoms with Crippen molar-refractivity contribution >= 4 is 9.84 Å². The Morgan fingerprint density at radius 1 is 1.36 bits per heavy atom. The van der Waals surface area contributed by atoms with E-state index in [1.165, 1.54) is 25.8 Å². The molecule has 0 aromatic heterocycles. The Morgan fingerprint density at radius 3 is 2.55 bits per heavy atom. The molecule has 0 aromatic carbocycles. The maximum Gasteiger partial charge on any atom is 0.175 e. The van der Waals surface area contributed by atoms with Crippen molar-refractivity contribution in [2.75, 3.05) is 13.6 Å². The molecule has 1 aliphatic heterocycles. The first-order chi connectivity index (χ1) is 5.29. The molecule has 1 saturated heterocycles. The summed E-state index contributed by atoms with van der Waals surface area (Å²) in [5.41, 5.74) is 0. The van der Waals surface area contributed by atoms with Crippen LogP contribution in [-0.2, 0) is 0 Å². The minimum absolute atomic E-state index is 0.0312. The maximum absolute atomic E-state index is 2.70. The Kier molecular flexibility index (Phi) is 3.55. The highest BCUT2D eigenvalue weighted by Crippen LogP contribution is 2.17. The molecule has 1 aliphatic rings. The molecule has 0 radical (unpaired) electrons. The second-order valence-corrected chi connectivity index (χ2v) is 5.55. The van der Waals surface area contributed by atoms with Crippen molar-refractivity contribution in [2.45, 2.75) is 39.3 Å². The summed E-state index contributed by atoms with van der Waals surface area (Å²) in [5, 5.41) is 0. The smallest absolute Gasteiger partial charge is 0.175 e. The molecular weight excluding hydrogens is 152 g/mol. The first kappa shape index (κ1) is 9.23. The van der Waals surface area contributed by atoms with Crippen LogP contribution in [0, 0.1) is 0 Å². The van der Waals surface area contributed by atoms with E-state index in [2.05, 4.69) is 30.0 Å². The van der Waals surface area contributed by atoms with Gasteiger partial charge < -0.3 is 9.13 Å². The van der Waals surface area contributed by atoms with Crippen LogP contribution >= 0.6 is 0 Å². The van der Waals surface area contributed by atoms with Gasteiger partial charge in [0.1, 0.15) is 0 Å². The molecular formula is C8H20N2Si. The third kappa shape index (κ3) is 2.04. The van der Waals surface area contributed by atoms with Crippen LogP contribution in [0.3, 0.4) is 0 Å². The van der Waals surface area contributed by atoms with E-state index < -0.39 is 0 Å². The lowest BCUT2D eigenvalue weighted by Crippen LogP contribution is -2.64. The molecule has 0 N–H and O–H groups in total. The minimum atomic E-state index is 0.0312. The fourth-order valence-corrected chi connectivity index (χ4v) is 3.84. The van der Waals surface area contributed by atoms with Crippen LogP contribution in [0.2, 0.25) is 0 Å². The molecule has 1 atom stereocenters. The maximum atomic E-state index is 2.70. The predicted octanol–water partition coefficient (Wildman–Crippen LogP) is 0.769. The third-order valence-corrected chi connectivity index (χ3v) is 4.47. The summed E-state index contributed by atoms with van der Waals surface area (Å²) in [4.78, 5) is 0. The second-order valence-electron chi connectivity index (χ2n) is 3.45. The molecule has 1 heterocycles. The average molecular weight is 172 g/mol. The van der Waals surface area contributed by atoms with E-state index in [0.29, 0.717) is 0 Å². The van der Waals surface area contributed by atoms with Crippen LogP contribution in [0.4, 0.5) is 0 Å². The van der Waals surface area contributed by atoms with Gasteiger partial charge in [-0.2, -0.15) is 0 Å². The van der Waals surface area contributed by atoms with Crippen LogP contribution in [0.15, 0.2) is 0 Å². The number of hydrogen-bond acceptors (Lipinski definition) is 2. The molecule has 2 nitrogen and oxygen atoms in total. The summed E-state index contributed by atoms with van der Waals surface area (Å²) in [6.07, 6.45) is 4.82. The average Bonchev–Trinajstić information content (AvgIpc) is 1.98. The first-order valence-corrected chi connectivity index (χ1v) is 6.00. The topological polar surface area (TPSA) is 6.48 Å². The van der Waals surface area contributed by atoms with Crippen LogP contribution in [0.1, 0.15) is 33.1 Å². The van der Waals surface area contributed by atoms with Gasteiger partial charge in [-0.1, -0.05) is 20.3 Å². The lowest BCUT2D eigenvalue weighted by Gasteiger charge is -2.49. The molecule has 0 aliphatic carbocycles. The van der Waals surface area contributed by atoms with E-state index in [1.807, 2.05) is 0 Å². The highest BCUT2D eigenvalue weighted by molar-refractivity contribution is 6.31. The second kappa shape index (κ2) is 4.23. The van der Waals surface area contributed by atoms with Crippen molar-refractivity contribution in [3.05, 3.63) is 0 Å². The van der Waals surface area contributed by atoms with Crippen LogP contribution in [-0.4, -0.2) is 38.7 Å². The minimum Gasteiger partial charge on any atom is -0.305 e. The Balaban J connectivity index is 2.16. The van der Waals surface area contributed by atoms with Crippen molar-refractivity contribution in [3.8, 4) is 0 Å². The summed E-state index contributed by atoms with van der Waals surface area (Å²) in [7, 11) is 2.30. The predicted molar refractivity (Wildman–Crippen MR) is 52.0 cm³/mol. The molecule has 1 rings (SSSR count). The molecule has 0 saturated carbocycles. The molecule has 0 aromatic rings. The van der Waals surface area contributed by atoms with Crippen molar-refractivity contribution < 1.29 is 0 Å². The molecule has 0 spiro atoms. The number of hydrogen-bond donors (Lipinski definition) is 0. The lowest BCUT2D eigenvalue weighted by molar-refractivity contribution is 0.112. The molecule has 3 heteroatoms. The summed E-state index contributed by atoms with van der Waals surface area (Å²) in [5.74, 6) is 0. The van der Waals surface area contributed by atoms with Gasteiger partial charge >= 0.3 is 0 Å². The van der Waals surface area contributed by atoms with Gasteiger partial charge in [0.15, 0.2) is 9.84 Å². The van der Waals surface area contributed by atoms with Gasteiger partial charge in [0.25, 0.3) is 0 Å². The van der Waals surface area contributed by atoms with Crippen molar-refractivity contribution in [1.29, 1.82) is 0 Å². The molecule has 11 heavy (non-hydrogen) atoms. The number of nitrogens with zero attached hydrogens (tertiary/aromatic N) is 2. The summed E-state index contributed by atoms with van der Waals surface area (Å²) >= 11 is 0. The van der Waals surface area contributed by atoms with Gasteiger partial charge in [0.05, 0.1) is 6.17 Å². The summed E-state index contributed by atoms with van der Waals surface area (Å²) < 4.78 is 5.25. The molecule has 0 bridgehead atoms. The van der Waals surface area contributed by atoms with Crippen molar-refractivity contribution in [1.82, 2.24) is 9.13 Å². The molecule has 0 amide bonds. The van der Waals surface area contributed by atoms with Gasteiger partial charge in [-0.3, -0.25) is 0 Å². The third-order valence-electron chi connectivity index (χ3n) is 2.50. The van der Waals surface area contributed by atoms with Crippen LogP contribution < -0.4 is 0 Å². The zero-order valence-electron chi connectivity index (χ0n) is 8.01. The van der Waals surface area contributed by atoms with Gasteiger partial charge in [-0.05, 0) is 26.4 Å². The highest BCUT2D eigenvalue weighted by Gasteiger charge is 2.30. The lowest BCUT2D eigenvalue weighted by atomic mass is 10.3. The van der Waals surface area contributed by atoms with Crippen LogP contribution in [0.25, 0.3) is 0 Å². The Labute approximate surface area is 72.5 Å². The van der Waals surface area contributed by atoms with E-state index in [4.69, 9.17) is 0 Å². The molecule has 1 fully saturated rings. The number of unbranched alkanes of at least 4 members (excludes halogenated alkanes) is 1. The van der Waals surface area contributed by atoms with E-state index in [-0.39, 0.29) is 9.84 Å². The Morgan fingerprint density at radius 2 is 2.09 bits per heavy atom. The number of rotatable bonds is 4. The SMILES string of the molecule is CCCCN1[SiH2]N(C)C1CC. The summed E-state index contributed by atoms with van der Waals surface area (Å²) in [6, 6.07) is 0. The van der Waals surface area contributed by atoms with E-state index in [1.54, 1.807) is 0 Å². The van der Waals surface area contributed by atoms with Crippen LogP contribution in [0.5, 0.6) is 0 Å². The Bertz CT molecular complexity index is 119. The van der Waals surface area contributed by atoms with E-state index >= 15 is 0 Å². The Hall–Kier alpha value is 0.137. The largest absolute Gasteiger partial charge is 0.305 e. The first-order valence-electron chi connectivity index (χ1n) is 4.73. The van der Waals surface area contributed by atoms with Gasteiger partial charge in [-0.25, -0.2) is 0 Å². The van der Waals surface area contributed by atoms with E-state index in [0.717, 1.165) is 6.17 Å². The van der Waals surface area contributed by atoms with Crippen molar-refractivity contribution in [3.63, 3.8) is 0 Å². The zero-order chi connectivity index (χ0) is 8.27. The van der Waals surface area contributed by atoms with Crippen molar-refractivity contribution in [2.24, 2.45) is 0 Å². The van der Waals surface area contributed by atoms with Gasteiger partial charge in [-0.15, -0.1) is 0 Å². The normalized spacial score (nSPS) is 29.2. The monoisotopic (exact) mass is 172 g/mol. The molecule has 1 unspecified atom stereocenters. The standard InChI is InChI=1S/C8H20N2Si/c1-4-6-7-10-8(5-2)9(3)11-10/h8H,4-7,11H2,1-3H3. The van der Waals surface area contributed by atoms with Gasteiger partial charge in [0, 0.05) is 0 Å². The highest BCUT2D eigenvalue weighted by atomic mass is 28.2. The van der Waals surface area contributed by atoms with E-state index in [9.17, 15) is 0 Å². The quantitative estimate of drug-likeness (QED) is 0.578. The van der Waals surface area contributed by atoms with Gasteiger partial charge in [0.2, 0.25) is 0 Å². The fourth-order valence-electron chi connectivity index (χ4n) is 1.81. The summed E-state index contributed by atoms with van der Waals surface area (Å²) in [6.45, 7) is 5.91. The fraction of sp³-hybridized carbons (Fsp3) is 1.00. The molecule has 66 valence electrons. The zero-order valence-corrected chi connectivity index (χ0v) is 9.42.